The molecule has 1 aromatic heterocycles. The van der Waals surface area contributed by atoms with E-state index < -0.39 is 0 Å². The fourth-order valence-corrected chi connectivity index (χ4v) is 4.34. The Morgan fingerprint density at radius 1 is 1.18 bits per heavy atom. The van der Waals surface area contributed by atoms with E-state index in [2.05, 4.69) is 46.4 Å². The number of methoxy groups -OCH3 is 1. The van der Waals surface area contributed by atoms with Crippen molar-refractivity contribution in [2.45, 2.75) is 44.5 Å². The summed E-state index contributed by atoms with van der Waals surface area (Å²) in [6, 6.07) is 11.3. The highest BCUT2D eigenvalue weighted by Gasteiger charge is 2.17. The van der Waals surface area contributed by atoms with Crippen LogP contribution < -0.4 is 15.4 Å². The van der Waals surface area contributed by atoms with Crippen LogP contribution in [-0.4, -0.2) is 35.9 Å². The highest BCUT2D eigenvalue weighted by molar-refractivity contribution is 7.99. The number of allylic oxidation sites excluding steroid dienone is 2. The van der Waals surface area contributed by atoms with Gasteiger partial charge in [0.15, 0.2) is 0 Å². The number of nitrogens with zero attached hydrogens (tertiary/aromatic N) is 3. The largest absolute Gasteiger partial charge is 0.496 e. The van der Waals surface area contributed by atoms with E-state index in [9.17, 15) is 4.79 Å². The van der Waals surface area contributed by atoms with Gasteiger partial charge < -0.3 is 15.4 Å². The summed E-state index contributed by atoms with van der Waals surface area (Å²) in [5.41, 5.74) is 4.08. The molecule has 3 aromatic rings. The van der Waals surface area contributed by atoms with Crippen molar-refractivity contribution in [3.8, 4) is 5.75 Å². The van der Waals surface area contributed by atoms with Crippen LogP contribution in [0.1, 0.15) is 33.3 Å². The van der Waals surface area contributed by atoms with Gasteiger partial charge in [0.05, 0.1) is 12.6 Å². The number of fused-ring (bicyclic) bond motifs is 1. The minimum absolute atomic E-state index is 0.104. The predicted molar refractivity (Wildman–Crippen MR) is 140 cm³/mol. The molecule has 2 amide bonds. The molecule has 0 aliphatic carbocycles. The number of nitrogens with one attached hydrogen (secondary N) is 2. The molecule has 178 valence electrons. The molecule has 0 atom stereocenters. The van der Waals surface area contributed by atoms with Gasteiger partial charge in [-0.1, -0.05) is 38.6 Å². The molecule has 0 saturated heterocycles. The molecule has 0 saturated carbocycles. The minimum atomic E-state index is -0.312. The van der Waals surface area contributed by atoms with Crippen LogP contribution in [0.25, 0.3) is 10.9 Å². The molecule has 8 heteroatoms. The summed E-state index contributed by atoms with van der Waals surface area (Å²) in [6.45, 7) is 10.1. The third kappa shape index (κ3) is 6.35. The Morgan fingerprint density at radius 2 is 1.94 bits per heavy atom. The van der Waals surface area contributed by atoms with E-state index in [1.54, 1.807) is 20.5 Å². The second kappa shape index (κ2) is 10.7. The summed E-state index contributed by atoms with van der Waals surface area (Å²) in [4.78, 5) is 26.7. The molecule has 2 N–H and O–H groups in total. The van der Waals surface area contributed by atoms with E-state index in [4.69, 9.17) is 4.74 Å². The maximum absolute atomic E-state index is 12.5. The number of urea groups is 1. The summed E-state index contributed by atoms with van der Waals surface area (Å²) in [5.74, 6) is 0.794. The predicted octanol–water partition coefficient (Wildman–Crippen LogP) is 6.24. The van der Waals surface area contributed by atoms with Gasteiger partial charge in [-0.05, 0) is 55.8 Å². The second-order valence-corrected chi connectivity index (χ2v) is 9.98. The number of aromatic nitrogens is 2. The smallest absolute Gasteiger partial charge is 0.323 e. The van der Waals surface area contributed by atoms with E-state index >= 15 is 0 Å². The minimum Gasteiger partial charge on any atom is -0.496 e. The van der Waals surface area contributed by atoms with Crippen molar-refractivity contribution < 1.29 is 9.53 Å². The number of hydrogen-bond donors (Lipinski definition) is 2. The zero-order valence-electron chi connectivity index (χ0n) is 20.7. The quantitative estimate of drug-likeness (QED) is 0.324. The number of carbonyl (C=O) groups excluding carboxylic acids is 1. The van der Waals surface area contributed by atoms with Crippen LogP contribution in [-0.2, 0) is 0 Å². The Kier molecular flexibility index (Phi) is 7.94. The molecule has 0 aliphatic heterocycles. The van der Waals surface area contributed by atoms with E-state index in [1.807, 2.05) is 56.3 Å². The third-order valence-electron chi connectivity index (χ3n) is 5.10. The average molecular weight is 478 g/mol. The molecular weight excluding hydrogens is 446 g/mol. The van der Waals surface area contributed by atoms with Crippen LogP contribution in [0.2, 0.25) is 0 Å². The fourth-order valence-electron chi connectivity index (χ4n) is 3.41. The zero-order valence-corrected chi connectivity index (χ0v) is 21.5. The topological polar surface area (TPSA) is 88.5 Å². The molecule has 1 heterocycles. The first kappa shape index (κ1) is 25.2. The lowest BCUT2D eigenvalue weighted by Gasteiger charge is -2.19. The standard InChI is InChI=1S/C26H31N5O2S/c1-16-11-21-20(14-22(16)33-7)24(29-15-28-21)34-19-10-8-9-18(13-19)31-25(32)30-17(2)12-23(27-6)26(3,4)5/h8-15H,1-7H3,(H2,30,31,32)/b17-12+,27-23+. The number of aliphatic imine (C=N–C) groups is 1. The maximum atomic E-state index is 12.5. The first-order chi connectivity index (χ1) is 16.1. The molecule has 0 spiro atoms. The lowest BCUT2D eigenvalue weighted by Crippen LogP contribution is -2.28. The number of amides is 2. The van der Waals surface area contributed by atoms with E-state index in [0.29, 0.717) is 5.69 Å². The molecular formula is C26H31N5O2S. The van der Waals surface area contributed by atoms with Crippen LogP contribution in [0.5, 0.6) is 5.75 Å². The van der Waals surface area contributed by atoms with Gasteiger partial charge in [-0.3, -0.25) is 4.99 Å². The molecule has 3 rings (SSSR count). The second-order valence-electron chi connectivity index (χ2n) is 8.91. The van der Waals surface area contributed by atoms with Crippen LogP contribution in [0.15, 0.2) is 69.4 Å². The number of benzene rings is 2. The SMILES string of the molecule is C/N=C(\C=C(/C)NC(=O)Nc1cccc(Sc2ncnc3cc(C)c(OC)cc23)c1)C(C)(C)C. The number of aryl methyl sites for hydroxylation is 1. The summed E-state index contributed by atoms with van der Waals surface area (Å²) in [6.07, 6.45) is 3.45. The van der Waals surface area contributed by atoms with Crippen LogP contribution in [0.4, 0.5) is 10.5 Å². The highest BCUT2D eigenvalue weighted by atomic mass is 32.2. The first-order valence-electron chi connectivity index (χ1n) is 10.9. The van der Waals surface area contributed by atoms with Gasteiger partial charge in [-0.15, -0.1) is 0 Å². The molecule has 0 unspecified atom stereocenters. The van der Waals surface area contributed by atoms with Crippen LogP contribution >= 0.6 is 11.8 Å². The van der Waals surface area contributed by atoms with E-state index in [1.165, 1.54) is 11.8 Å². The maximum Gasteiger partial charge on any atom is 0.323 e. The number of anilines is 1. The van der Waals surface area contributed by atoms with Crippen molar-refractivity contribution in [3.63, 3.8) is 0 Å². The van der Waals surface area contributed by atoms with Gasteiger partial charge in [-0.2, -0.15) is 0 Å². The Bertz CT molecular complexity index is 1260. The first-order valence-corrected chi connectivity index (χ1v) is 11.7. The third-order valence-corrected chi connectivity index (χ3v) is 6.10. The van der Waals surface area contributed by atoms with Gasteiger partial charge in [0.1, 0.15) is 17.1 Å². The lowest BCUT2D eigenvalue weighted by molar-refractivity contribution is 0.254. The molecule has 2 aromatic carbocycles. The van der Waals surface area contributed by atoms with Gasteiger partial charge in [-0.25, -0.2) is 14.8 Å². The van der Waals surface area contributed by atoms with Crippen molar-refractivity contribution >= 4 is 40.1 Å². The number of carbonyl (C=O) groups is 1. The van der Waals surface area contributed by atoms with E-state index in [0.717, 1.165) is 43.5 Å². The van der Waals surface area contributed by atoms with Crippen molar-refractivity contribution in [3.05, 3.63) is 60.1 Å². The molecule has 0 radical (unpaired) electrons. The molecule has 34 heavy (non-hydrogen) atoms. The molecule has 0 aliphatic rings. The van der Waals surface area contributed by atoms with Gasteiger partial charge >= 0.3 is 6.03 Å². The number of rotatable bonds is 6. The van der Waals surface area contributed by atoms with Crippen molar-refractivity contribution in [1.82, 2.24) is 15.3 Å². The molecule has 0 fully saturated rings. The van der Waals surface area contributed by atoms with Crippen LogP contribution in [0.3, 0.4) is 0 Å². The van der Waals surface area contributed by atoms with E-state index in [-0.39, 0.29) is 11.4 Å². The summed E-state index contributed by atoms with van der Waals surface area (Å²) >= 11 is 1.51. The number of ether oxygens (including phenoxy) is 1. The Morgan fingerprint density at radius 3 is 2.62 bits per heavy atom. The zero-order chi connectivity index (χ0) is 24.9. The lowest BCUT2D eigenvalue weighted by atomic mass is 9.89. The van der Waals surface area contributed by atoms with Crippen LogP contribution in [0, 0.1) is 12.3 Å². The van der Waals surface area contributed by atoms with Gasteiger partial charge in [0, 0.05) is 39.8 Å². The van der Waals surface area contributed by atoms with Crippen molar-refractivity contribution in [1.29, 1.82) is 0 Å². The van der Waals surface area contributed by atoms with Gasteiger partial charge in [0.2, 0.25) is 0 Å². The molecule has 0 bridgehead atoms. The average Bonchev–Trinajstić information content (AvgIpc) is 2.76. The summed E-state index contributed by atoms with van der Waals surface area (Å²) in [5, 5.41) is 7.49. The highest BCUT2D eigenvalue weighted by Crippen LogP contribution is 2.34. The summed E-state index contributed by atoms with van der Waals surface area (Å²) < 4.78 is 5.47. The Labute approximate surface area is 205 Å². The molecule has 7 nitrogen and oxygen atoms in total. The summed E-state index contributed by atoms with van der Waals surface area (Å²) in [7, 11) is 3.41. The van der Waals surface area contributed by atoms with Gasteiger partial charge in [0.25, 0.3) is 0 Å². The number of hydrogen-bond acceptors (Lipinski definition) is 6. The Hall–Kier alpha value is -3.39. The van der Waals surface area contributed by atoms with Crippen molar-refractivity contribution in [2.24, 2.45) is 10.4 Å². The fraction of sp³-hybridized carbons (Fsp3) is 0.308. The Balaban J connectivity index is 1.75. The monoisotopic (exact) mass is 477 g/mol. The van der Waals surface area contributed by atoms with Crippen molar-refractivity contribution in [2.75, 3.05) is 19.5 Å². The normalized spacial score (nSPS) is 12.6.